The van der Waals surface area contributed by atoms with Gasteiger partial charge in [0.1, 0.15) is 6.17 Å². The number of anilines is 1. The summed E-state index contributed by atoms with van der Waals surface area (Å²) in [4.78, 5) is 48.3. The number of aromatic amines is 1. The molecule has 11 nitrogen and oxygen atoms in total. The number of fused-ring (bicyclic) bond motifs is 1. The van der Waals surface area contributed by atoms with Crippen molar-refractivity contribution in [3.05, 3.63) is 16.7 Å². The van der Waals surface area contributed by atoms with Gasteiger partial charge in [-0.3, -0.25) is 19.9 Å². The number of carboxylic acid groups (broad SMARTS) is 1. The van der Waals surface area contributed by atoms with Crippen molar-refractivity contribution in [3.63, 3.8) is 0 Å². The van der Waals surface area contributed by atoms with Gasteiger partial charge in [0.2, 0.25) is 11.9 Å². The van der Waals surface area contributed by atoms with Gasteiger partial charge in [0.25, 0.3) is 5.56 Å². The number of amides is 1. The van der Waals surface area contributed by atoms with Crippen LogP contribution in [-0.2, 0) is 9.53 Å². The van der Waals surface area contributed by atoms with E-state index in [1.54, 1.807) is 13.8 Å². The van der Waals surface area contributed by atoms with Crippen LogP contribution in [0.25, 0.3) is 11.2 Å². The lowest BCUT2D eigenvalue weighted by molar-refractivity contribution is -0.118. The maximum atomic E-state index is 14.7. The molecule has 3 N–H and O–H groups in total. The van der Waals surface area contributed by atoms with Crippen LogP contribution >= 0.6 is 0 Å². The molecule has 0 bridgehead atoms. The van der Waals surface area contributed by atoms with Crippen molar-refractivity contribution in [2.75, 3.05) is 25.0 Å². The zero-order valence-electron chi connectivity index (χ0n) is 21.2. The van der Waals surface area contributed by atoms with Crippen molar-refractivity contribution in [2.45, 2.75) is 72.7 Å². The minimum absolute atomic E-state index is 0.00646. The fourth-order valence-electron chi connectivity index (χ4n) is 4.14. The summed E-state index contributed by atoms with van der Waals surface area (Å²) in [6.45, 7) is 15.3. The van der Waals surface area contributed by atoms with E-state index in [-0.39, 0.29) is 28.9 Å². The molecule has 12 heteroatoms. The molecule has 0 aliphatic heterocycles. The summed E-state index contributed by atoms with van der Waals surface area (Å²) in [7, 11) is 0. The summed E-state index contributed by atoms with van der Waals surface area (Å²) in [5, 5.41) is 11.5. The number of H-pyrrole nitrogens is 1. The fraction of sp³-hybridized carbons (Fsp3) is 0.696. The number of alkyl halides is 1. The molecule has 0 saturated heterocycles. The lowest BCUT2D eigenvalue weighted by atomic mass is 10.0. The monoisotopic (exact) mass is 496 g/mol. The van der Waals surface area contributed by atoms with Gasteiger partial charge >= 0.3 is 6.16 Å². The number of halogens is 1. The summed E-state index contributed by atoms with van der Waals surface area (Å²) in [5.74, 6) is -1.12. The first-order valence-corrected chi connectivity index (χ1v) is 12.1. The Morgan fingerprint density at radius 2 is 1.91 bits per heavy atom. The Hall–Kier alpha value is -3.02. The molecule has 0 unspecified atom stereocenters. The molecule has 1 aliphatic rings. The predicted molar refractivity (Wildman–Crippen MR) is 130 cm³/mol. The van der Waals surface area contributed by atoms with E-state index in [4.69, 9.17) is 9.84 Å². The molecular formula is C23H37FN6O5. The average molecular weight is 497 g/mol. The SMILES string of the molecule is CCN(CC)CC.CC[C@H]1C[C@@H](n2cnc3c(=O)[nH]c(NC(=O)C(C)C)nc32)[C@H](OC(=O)O)[C@@H]1F. The van der Waals surface area contributed by atoms with Gasteiger partial charge in [0.05, 0.1) is 12.4 Å². The number of rotatable bonds is 8. The van der Waals surface area contributed by atoms with Crippen molar-refractivity contribution < 1.29 is 23.8 Å². The summed E-state index contributed by atoms with van der Waals surface area (Å²) < 4.78 is 21.0. The molecular weight excluding hydrogens is 459 g/mol. The molecule has 1 fully saturated rings. The number of imidazole rings is 1. The molecule has 0 spiro atoms. The molecule has 196 valence electrons. The van der Waals surface area contributed by atoms with Crippen molar-refractivity contribution >= 4 is 29.2 Å². The van der Waals surface area contributed by atoms with Gasteiger partial charge in [-0.1, -0.05) is 48.0 Å². The quantitative estimate of drug-likeness (QED) is 0.472. The molecule has 35 heavy (non-hydrogen) atoms. The van der Waals surface area contributed by atoms with E-state index in [1.807, 2.05) is 6.92 Å². The number of ether oxygens (including phenoxy) is 1. The second-order valence-electron chi connectivity index (χ2n) is 8.77. The Morgan fingerprint density at radius 3 is 2.40 bits per heavy atom. The first kappa shape index (κ1) is 28.2. The van der Waals surface area contributed by atoms with Gasteiger partial charge in [-0.15, -0.1) is 0 Å². The van der Waals surface area contributed by atoms with Gasteiger partial charge < -0.3 is 19.3 Å². The van der Waals surface area contributed by atoms with Crippen molar-refractivity contribution in [1.82, 2.24) is 24.4 Å². The molecule has 4 atom stereocenters. The summed E-state index contributed by atoms with van der Waals surface area (Å²) >= 11 is 0. The van der Waals surface area contributed by atoms with E-state index in [0.29, 0.717) is 12.8 Å². The third kappa shape index (κ3) is 6.77. The number of aromatic nitrogens is 4. The van der Waals surface area contributed by atoms with E-state index in [0.717, 1.165) is 0 Å². The van der Waals surface area contributed by atoms with Gasteiger partial charge in [-0.2, -0.15) is 4.98 Å². The second-order valence-corrected chi connectivity index (χ2v) is 8.77. The number of nitrogens with zero attached hydrogens (tertiary/aromatic N) is 4. The van der Waals surface area contributed by atoms with Crippen molar-refractivity contribution in [3.8, 4) is 0 Å². The Kier molecular flexibility index (Phi) is 10.2. The largest absolute Gasteiger partial charge is 0.506 e. The molecule has 2 aromatic heterocycles. The number of hydrogen-bond acceptors (Lipinski definition) is 7. The highest BCUT2D eigenvalue weighted by Gasteiger charge is 2.47. The van der Waals surface area contributed by atoms with Crippen LogP contribution in [-0.4, -0.2) is 73.5 Å². The minimum atomic E-state index is -1.57. The maximum Gasteiger partial charge on any atom is 0.506 e. The Bertz CT molecular complexity index is 1050. The van der Waals surface area contributed by atoms with Crippen LogP contribution in [0.5, 0.6) is 0 Å². The predicted octanol–water partition coefficient (Wildman–Crippen LogP) is 3.43. The lowest BCUT2D eigenvalue weighted by Crippen LogP contribution is -2.31. The molecule has 0 aromatic carbocycles. The van der Waals surface area contributed by atoms with Crippen LogP contribution in [0, 0.1) is 11.8 Å². The van der Waals surface area contributed by atoms with E-state index in [9.17, 15) is 18.8 Å². The standard InChI is InChI=1S/C17H22FN5O5.C6H15N/c1-4-8-5-9(12(10(8)18)28-17(26)27)23-6-19-11-13(23)20-16(22-15(11)25)21-14(24)7(2)3;1-4-7(5-2)6-3/h6-10,12H,4-5H2,1-3H3,(H,26,27)(H2,20,21,22,24,25);4-6H2,1-3H3/t8-,9+,10+,12-;/m0./s1. The first-order valence-electron chi connectivity index (χ1n) is 12.1. The molecule has 3 rings (SSSR count). The van der Waals surface area contributed by atoms with Crippen LogP contribution in [0.2, 0.25) is 0 Å². The minimum Gasteiger partial charge on any atom is -0.450 e. The van der Waals surface area contributed by atoms with Crippen molar-refractivity contribution in [2.24, 2.45) is 11.8 Å². The van der Waals surface area contributed by atoms with E-state index in [1.165, 1.54) is 30.5 Å². The van der Waals surface area contributed by atoms with Crippen LogP contribution in [0.1, 0.15) is 60.4 Å². The second kappa shape index (κ2) is 12.6. The summed E-state index contributed by atoms with van der Waals surface area (Å²) in [6.07, 6.45) is -2.17. The third-order valence-electron chi connectivity index (χ3n) is 6.35. The normalized spacial score (nSPS) is 21.7. The van der Waals surface area contributed by atoms with Gasteiger partial charge in [0.15, 0.2) is 17.3 Å². The molecule has 2 aromatic rings. The van der Waals surface area contributed by atoms with E-state index < -0.39 is 36.0 Å². The summed E-state index contributed by atoms with van der Waals surface area (Å²) in [5.41, 5.74) is -0.442. The molecule has 0 radical (unpaired) electrons. The zero-order chi connectivity index (χ0) is 26.3. The Labute approximate surface area is 204 Å². The molecule has 1 saturated carbocycles. The number of carbonyl (C=O) groups excluding carboxylic acids is 1. The number of hydrogen-bond donors (Lipinski definition) is 3. The zero-order valence-corrected chi connectivity index (χ0v) is 21.2. The molecule has 1 aliphatic carbocycles. The van der Waals surface area contributed by atoms with Gasteiger partial charge in [-0.25, -0.2) is 14.2 Å². The summed E-state index contributed by atoms with van der Waals surface area (Å²) in [6, 6.07) is -0.705. The fourth-order valence-corrected chi connectivity index (χ4v) is 4.14. The maximum absolute atomic E-state index is 14.7. The van der Waals surface area contributed by atoms with E-state index in [2.05, 4.69) is 45.9 Å². The Balaban J connectivity index is 0.000000540. The van der Waals surface area contributed by atoms with Crippen LogP contribution in [0.15, 0.2) is 11.1 Å². The van der Waals surface area contributed by atoms with Gasteiger partial charge in [-0.05, 0) is 32.0 Å². The Morgan fingerprint density at radius 1 is 1.29 bits per heavy atom. The van der Waals surface area contributed by atoms with Crippen LogP contribution < -0.4 is 10.9 Å². The number of nitrogens with one attached hydrogen (secondary N) is 2. The van der Waals surface area contributed by atoms with Crippen molar-refractivity contribution in [1.29, 1.82) is 0 Å². The highest BCUT2D eigenvalue weighted by atomic mass is 19.1. The lowest BCUT2D eigenvalue weighted by Gasteiger charge is -2.21. The molecule has 2 heterocycles. The van der Waals surface area contributed by atoms with Crippen LogP contribution in [0.4, 0.5) is 15.1 Å². The number of carbonyl (C=O) groups is 2. The highest BCUT2D eigenvalue weighted by molar-refractivity contribution is 5.91. The van der Waals surface area contributed by atoms with Gasteiger partial charge in [0, 0.05) is 5.92 Å². The topological polar surface area (TPSA) is 142 Å². The first-order chi connectivity index (χ1) is 16.6. The highest BCUT2D eigenvalue weighted by Crippen LogP contribution is 2.41. The smallest absolute Gasteiger partial charge is 0.450 e. The molecule has 1 amide bonds. The average Bonchev–Trinajstić information content (AvgIpc) is 3.36. The third-order valence-corrected chi connectivity index (χ3v) is 6.35. The van der Waals surface area contributed by atoms with E-state index >= 15 is 0 Å². The van der Waals surface area contributed by atoms with Crippen LogP contribution in [0.3, 0.4) is 0 Å².